The largest absolute Gasteiger partial charge is 0.493 e. The summed E-state index contributed by atoms with van der Waals surface area (Å²) in [7, 11) is 17.2. The van der Waals surface area contributed by atoms with Gasteiger partial charge in [-0.1, -0.05) is 27.7 Å². The van der Waals surface area contributed by atoms with Gasteiger partial charge in [0.2, 0.25) is 0 Å². The van der Waals surface area contributed by atoms with Crippen molar-refractivity contribution in [1.29, 1.82) is 0 Å². The highest BCUT2D eigenvalue weighted by Gasteiger charge is 2.53. The molecule has 4 radical (unpaired) electrons. The minimum absolute atomic E-state index is 0.0475. The van der Waals surface area contributed by atoms with E-state index in [1.807, 2.05) is 26.0 Å². The number of nitrogens with zero attached hydrogens (tertiary/aromatic N) is 1. The summed E-state index contributed by atoms with van der Waals surface area (Å²) >= 11 is 0. The number of methoxy groups -OCH3 is 2. The molecule has 2 aliphatic heterocycles. The predicted octanol–water partition coefficient (Wildman–Crippen LogP) is 2.34. The molecule has 32 heavy (non-hydrogen) atoms. The number of rotatable bonds is 7. The van der Waals surface area contributed by atoms with Gasteiger partial charge in [0.15, 0.2) is 11.5 Å². The third-order valence-electron chi connectivity index (χ3n) is 7.01. The summed E-state index contributed by atoms with van der Waals surface area (Å²) in [5.74, 6) is 1.11. The molecule has 1 aromatic carbocycles. The van der Waals surface area contributed by atoms with Gasteiger partial charge in [0.1, 0.15) is 21.7 Å². The van der Waals surface area contributed by atoms with Crippen LogP contribution in [-0.2, 0) is 21.4 Å². The molecule has 3 rings (SSSR count). The highest BCUT2D eigenvalue weighted by molar-refractivity contribution is 6.20. The van der Waals surface area contributed by atoms with Crippen LogP contribution in [0.15, 0.2) is 12.1 Å². The van der Waals surface area contributed by atoms with Gasteiger partial charge in [-0.15, -0.1) is 0 Å². The number of piperidine rings is 1. The molecule has 0 amide bonds. The Kier molecular flexibility index (Phi) is 7.26. The Balaban J connectivity index is 2.03. The molecule has 0 spiro atoms. The van der Waals surface area contributed by atoms with E-state index < -0.39 is 22.9 Å². The first-order valence-electron chi connectivity index (χ1n) is 11.5. The predicted molar refractivity (Wildman–Crippen MR) is 127 cm³/mol. The Labute approximate surface area is 195 Å². The van der Waals surface area contributed by atoms with E-state index in [1.54, 1.807) is 14.2 Å². The van der Waals surface area contributed by atoms with Crippen molar-refractivity contribution in [3.63, 3.8) is 0 Å². The van der Waals surface area contributed by atoms with Crippen molar-refractivity contribution in [2.75, 3.05) is 27.3 Å². The molecule has 0 saturated carbocycles. The maximum Gasteiger partial charge on any atom is 0.322 e. The summed E-state index contributed by atoms with van der Waals surface area (Å²) in [5.41, 5.74) is 6.01. The fourth-order valence-corrected chi connectivity index (χ4v) is 5.09. The van der Waals surface area contributed by atoms with Crippen molar-refractivity contribution < 1.29 is 19.0 Å². The van der Waals surface area contributed by atoms with Gasteiger partial charge in [-0.25, -0.2) is 0 Å². The third-order valence-corrected chi connectivity index (χ3v) is 7.01. The molecular weight excluding hydrogens is 402 g/mol. The molecule has 1 aromatic rings. The van der Waals surface area contributed by atoms with E-state index in [9.17, 15) is 4.79 Å². The first-order valence-corrected chi connectivity index (χ1v) is 11.5. The van der Waals surface area contributed by atoms with Crippen LogP contribution in [0.1, 0.15) is 51.7 Å². The lowest BCUT2D eigenvalue weighted by Crippen LogP contribution is -2.66. The van der Waals surface area contributed by atoms with Crippen molar-refractivity contribution in [2.45, 2.75) is 63.9 Å². The van der Waals surface area contributed by atoms with E-state index in [4.69, 9.17) is 35.6 Å². The molecule has 6 nitrogen and oxygen atoms in total. The fraction of sp³-hybridized carbons (Fsp3) is 0.708. The summed E-state index contributed by atoms with van der Waals surface area (Å²) in [6, 6.07) is 3.19. The zero-order chi connectivity index (χ0) is 23.8. The zero-order valence-electron chi connectivity index (χ0n) is 20.3. The van der Waals surface area contributed by atoms with Crippen molar-refractivity contribution in [2.24, 2.45) is 23.5 Å². The number of ether oxygens (including phenoxy) is 3. The number of carbonyl (C=O) groups excluding carboxylic acids is 1. The number of nitrogens with two attached hydrogens (primary N) is 1. The molecule has 8 heteroatoms. The second-order valence-corrected chi connectivity index (χ2v) is 10.1. The summed E-state index contributed by atoms with van der Waals surface area (Å²) in [5, 5.41) is 0. The van der Waals surface area contributed by atoms with E-state index in [-0.39, 0.29) is 18.3 Å². The van der Waals surface area contributed by atoms with E-state index in [0.717, 1.165) is 30.5 Å². The quantitative estimate of drug-likeness (QED) is 0.521. The standard InChI is InChI=1S/C24H36B2N2O4/c1-14(2)9-17-12-28-8-7-16-10-19(30-5)20(31-6)11-18(16)23(28,25)13-24(17,26)32-22(29)21(27)15(3)4/h10-11,14-15,17,21H,7-9,12-13,27H2,1-6H3/t17?,21-,23?,24?/m0/s1. The third kappa shape index (κ3) is 4.54. The molecule has 172 valence electrons. The second kappa shape index (κ2) is 9.30. The van der Waals surface area contributed by atoms with Crippen LogP contribution >= 0.6 is 0 Å². The van der Waals surface area contributed by atoms with Crippen molar-refractivity contribution in [1.82, 2.24) is 4.90 Å². The van der Waals surface area contributed by atoms with E-state index in [0.29, 0.717) is 24.0 Å². The summed E-state index contributed by atoms with van der Waals surface area (Å²) in [6.07, 6.45) is 1.95. The number of benzene rings is 1. The molecule has 0 bridgehead atoms. The Morgan fingerprint density at radius 1 is 1.19 bits per heavy atom. The van der Waals surface area contributed by atoms with Crippen LogP contribution in [-0.4, -0.2) is 65.4 Å². The lowest BCUT2D eigenvalue weighted by atomic mass is 9.51. The van der Waals surface area contributed by atoms with Gasteiger partial charge in [0.25, 0.3) is 0 Å². The maximum atomic E-state index is 12.9. The summed E-state index contributed by atoms with van der Waals surface area (Å²) < 4.78 is 17.0. The molecular formula is C24H36B2N2O4. The number of hydrogen-bond acceptors (Lipinski definition) is 6. The van der Waals surface area contributed by atoms with Crippen LogP contribution in [0, 0.1) is 17.8 Å². The number of carbonyl (C=O) groups is 1. The SMILES string of the molecule is [B]C1(OC(=O)[C@@H](N)C(C)C)CC2([B])c3cc(OC)c(OC)cc3CCN2CC1CC(C)C. The van der Waals surface area contributed by atoms with Crippen LogP contribution in [0.5, 0.6) is 11.5 Å². The lowest BCUT2D eigenvalue weighted by molar-refractivity contribution is -0.168. The van der Waals surface area contributed by atoms with Crippen molar-refractivity contribution >= 4 is 21.7 Å². The number of esters is 1. The fourth-order valence-electron chi connectivity index (χ4n) is 5.09. The molecule has 4 atom stereocenters. The van der Waals surface area contributed by atoms with E-state index in [2.05, 4.69) is 18.7 Å². The first-order chi connectivity index (χ1) is 14.9. The highest BCUT2D eigenvalue weighted by Crippen LogP contribution is 2.49. The second-order valence-electron chi connectivity index (χ2n) is 10.1. The Morgan fingerprint density at radius 2 is 1.81 bits per heavy atom. The van der Waals surface area contributed by atoms with Crippen LogP contribution in [0.4, 0.5) is 0 Å². The molecule has 0 aliphatic carbocycles. The molecule has 1 fully saturated rings. The maximum absolute atomic E-state index is 12.9. The minimum Gasteiger partial charge on any atom is -0.493 e. The van der Waals surface area contributed by atoms with Crippen molar-refractivity contribution in [3.8, 4) is 11.5 Å². The van der Waals surface area contributed by atoms with Crippen LogP contribution in [0.3, 0.4) is 0 Å². The number of fused-ring (bicyclic) bond motifs is 3. The van der Waals surface area contributed by atoms with Crippen LogP contribution in [0.2, 0.25) is 0 Å². The average molecular weight is 438 g/mol. The molecule has 2 heterocycles. The normalized spacial score (nSPS) is 28.7. The molecule has 0 aromatic heterocycles. The van der Waals surface area contributed by atoms with Crippen molar-refractivity contribution in [3.05, 3.63) is 23.3 Å². The average Bonchev–Trinajstić information content (AvgIpc) is 2.72. The van der Waals surface area contributed by atoms with Gasteiger partial charge in [0, 0.05) is 24.4 Å². The van der Waals surface area contributed by atoms with Crippen LogP contribution < -0.4 is 15.2 Å². The lowest BCUT2D eigenvalue weighted by Gasteiger charge is -2.58. The topological polar surface area (TPSA) is 74.0 Å². The van der Waals surface area contributed by atoms with Gasteiger partial charge in [-0.3, -0.25) is 4.79 Å². The van der Waals surface area contributed by atoms with E-state index >= 15 is 0 Å². The van der Waals surface area contributed by atoms with Gasteiger partial charge in [-0.2, -0.15) is 0 Å². The molecule has 2 N–H and O–H groups in total. The monoisotopic (exact) mass is 438 g/mol. The van der Waals surface area contributed by atoms with Gasteiger partial charge in [0.05, 0.1) is 19.7 Å². The smallest absolute Gasteiger partial charge is 0.322 e. The van der Waals surface area contributed by atoms with E-state index in [1.165, 1.54) is 0 Å². The summed E-state index contributed by atoms with van der Waals surface area (Å²) in [4.78, 5) is 15.1. The Hall–Kier alpha value is -1.66. The zero-order valence-corrected chi connectivity index (χ0v) is 20.3. The molecule has 2 aliphatic rings. The van der Waals surface area contributed by atoms with Gasteiger partial charge in [-0.05, 0) is 54.4 Å². The summed E-state index contributed by atoms with van der Waals surface area (Å²) in [6.45, 7) is 9.52. The molecule has 3 unspecified atom stereocenters. The van der Waals surface area contributed by atoms with Gasteiger partial charge >= 0.3 is 5.97 Å². The van der Waals surface area contributed by atoms with Crippen LogP contribution in [0.25, 0.3) is 0 Å². The number of hydrogen-bond donors (Lipinski definition) is 1. The highest BCUT2D eigenvalue weighted by atomic mass is 16.6. The van der Waals surface area contributed by atoms with Gasteiger partial charge < -0.3 is 24.8 Å². The minimum atomic E-state index is -1.22. The Morgan fingerprint density at radius 3 is 2.38 bits per heavy atom. The first kappa shape index (κ1) is 25.0. The molecule has 1 saturated heterocycles. The Bertz CT molecular complexity index is 850.